The molecule has 2 rings (SSSR count). The van der Waals surface area contributed by atoms with Crippen LogP contribution in [0.3, 0.4) is 0 Å². The number of ether oxygens (including phenoxy) is 1. The number of carbonyl (C=O) groups is 1. The number of hydrogen-bond donors (Lipinski definition) is 2. The van der Waals surface area contributed by atoms with E-state index < -0.39 is 5.54 Å². The second-order valence-corrected chi connectivity index (χ2v) is 5.46. The lowest BCUT2D eigenvalue weighted by molar-refractivity contribution is -0.124. The van der Waals surface area contributed by atoms with Gasteiger partial charge in [0.05, 0.1) is 5.54 Å². The van der Waals surface area contributed by atoms with Gasteiger partial charge < -0.3 is 15.4 Å². The molecular weight excluding hydrogens is 307 g/mol. The second-order valence-electron chi connectivity index (χ2n) is 5.46. The average molecular weight is 331 g/mol. The van der Waals surface area contributed by atoms with E-state index in [-0.39, 0.29) is 24.1 Å². The lowest BCUT2D eigenvalue weighted by Gasteiger charge is -2.38. The molecule has 1 amide bonds. The highest BCUT2D eigenvalue weighted by atomic mass is 35.5. The average Bonchev–Trinajstić information content (AvgIpc) is 2.48. The summed E-state index contributed by atoms with van der Waals surface area (Å²) in [7, 11) is 1.87. The molecule has 0 atom stereocenters. The van der Waals surface area contributed by atoms with Crippen LogP contribution < -0.4 is 10.6 Å². The van der Waals surface area contributed by atoms with Crippen molar-refractivity contribution in [1.29, 1.82) is 0 Å². The van der Waals surface area contributed by atoms with Crippen LogP contribution in [0.5, 0.6) is 0 Å². The highest BCUT2D eigenvalue weighted by Gasteiger charge is 2.35. The third kappa shape index (κ3) is 4.93. The van der Waals surface area contributed by atoms with Crippen molar-refractivity contribution in [2.75, 3.05) is 26.8 Å². The van der Waals surface area contributed by atoms with Gasteiger partial charge in [-0.05, 0) is 50.6 Å². The highest BCUT2D eigenvalue weighted by Crippen LogP contribution is 2.32. The standard InChI is InChI=1S/C16H23FN2O2.ClH/c1-18-9-3-6-15(20)19-16(7-10-21-11-8-16)13-4-2-5-14(17)12-13;/h2,4-5,12,18H,3,6-11H2,1H3,(H,19,20);1H. The molecule has 1 aliphatic rings. The largest absolute Gasteiger partial charge is 0.381 e. The summed E-state index contributed by atoms with van der Waals surface area (Å²) in [4.78, 5) is 12.2. The van der Waals surface area contributed by atoms with Gasteiger partial charge in [-0.2, -0.15) is 0 Å². The van der Waals surface area contributed by atoms with Crippen LogP contribution in [0.4, 0.5) is 4.39 Å². The Hall–Kier alpha value is -1.17. The fourth-order valence-corrected chi connectivity index (χ4v) is 2.75. The van der Waals surface area contributed by atoms with E-state index in [9.17, 15) is 9.18 Å². The van der Waals surface area contributed by atoms with Crippen molar-refractivity contribution in [3.05, 3.63) is 35.6 Å². The fourth-order valence-electron chi connectivity index (χ4n) is 2.75. The van der Waals surface area contributed by atoms with Crippen LogP contribution in [0.1, 0.15) is 31.2 Å². The molecule has 1 aromatic rings. The quantitative estimate of drug-likeness (QED) is 0.787. The summed E-state index contributed by atoms with van der Waals surface area (Å²) < 4.78 is 18.9. The number of nitrogens with one attached hydrogen (secondary N) is 2. The molecule has 124 valence electrons. The van der Waals surface area contributed by atoms with Gasteiger partial charge in [0.25, 0.3) is 0 Å². The molecule has 0 aromatic heterocycles. The first-order valence-electron chi connectivity index (χ1n) is 7.46. The molecule has 0 unspecified atom stereocenters. The summed E-state index contributed by atoms with van der Waals surface area (Å²) in [5.41, 5.74) is 0.324. The summed E-state index contributed by atoms with van der Waals surface area (Å²) in [6.45, 7) is 1.96. The lowest BCUT2D eigenvalue weighted by Crippen LogP contribution is -2.49. The Kier molecular flexibility index (Phi) is 7.79. The minimum Gasteiger partial charge on any atom is -0.381 e. The maximum Gasteiger partial charge on any atom is 0.220 e. The highest BCUT2D eigenvalue weighted by molar-refractivity contribution is 5.85. The summed E-state index contributed by atoms with van der Waals surface area (Å²) >= 11 is 0. The molecule has 6 heteroatoms. The van der Waals surface area contributed by atoms with E-state index in [1.54, 1.807) is 6.07 Å². The maximum absolute atomic E-state index is 13.5. The van der Waals surface area contributed by atoms with Gasteiger partial charge in [0, 0.05) is 19.6 Å². The molecule has 1 saturated heterocycles. The third-order valence-corrected chi connectivity index (χ3v) is 3.93. The van der Waals surface area contributed by atoms with Crippen molar-refractivity contribution in [3.8, 4) is 0 Å². The SMILES string of the molecule is CNCCCC(=O)NC1(c2cccc(F)c2)CCOCC1.Cl. The van der Waals surface area contributed by atoms with E-state index in [4.69, 9.17) is 4.74 Å². The van der Waals surface area contributed by atoms with E-state index in [0.29, 0.717) is 32.5 Å². The normalized spacial score (nSPS) is 16.6. The molecule has 1 aliphatic heterocycles. The second kappa shape index (κ2) is 9.08. The summed E-state index contributed by atoms with van der Waals surface area (Å²) in [5.74, 6) is -0.265. The molecule has 1 fully saturated rings. The van der Waals surface area contributed by atoms with Gasteiger partial charge in [0.1, 0.15) is 5.82 Å². The molecular formula is C16H24ClFN2O2. The van der Waals surface area contributed by atoms with Gasteiger partial charge in [-0.3, -0.25) is 4.79 Å². The van der Waals surface area contributed by atoms with Gasteiger partial charge in [-0.15, -0.1) is 12.4 Å². The molecule has 0 radical (unpaired) electrons. The van der Waals surface area contributed by atoms with Gasteiger partial charge >= 0.3 is 0 Å². The number of halogens is 2. The Balaban J connectivity index is 0.00000242. The van der Waals surface area contributed by atoms with Crippen molar-refractivity contribution >= 4 is 18.3 Å². The van der Waals surface area contributed by atoms with Gasteiger partial charge in [0.15, 0.2) is 0 Å². The maximum atomic E-state index is 13.5. The van der Waals surface area contributed by atoms with Gasteiger partial charge in [-0.1, -0.05) is 12.1 Å². The van der Waals surface area contributed by atoms with E-state index in [1.165, 1.54) is 12.1 Å². The summed E-state index contributed by atoms with van der Waals surface area (Å²) in [6, 6.07) is 6.50. The minimum absolute atomic E-state index is 0. The molecule has 0 aliphatic carbocycles. The van der Waals surface area contributed by atoms with E-state index in [1.807, 2.05) is 13.1 Å². The van der Waals surface area contributed by atoms with Crippen molar-refractivity contribution in [2.24, 2.45) is 0 Å². The topological polar surface area (TPSA) is 50.4 Å². The zero-order valence-corrected chi connectivity index (χ0v) is 13.7. The van der Waals surface area contributed by atoms with E-state index in [0.717, 1.165) is 18.5 Å². The smallest absolute Gasteiger partial charge is 0.220 e. The number of benzene rings is 1. The Morgan fingerprint density at radius 2 is 2.09 bits per heavy atom. The Bertz CT molecular complexity index is 479. The van der Waals surface area contributed by atoms with Gasteiger partial charge in [0.2, 0.25) is 5.91 Å². The monoisotopic (exact) mass is 330 g/mol. The molecule has 0 spiro atoms. The first-order valence-corrected chi connectivity index (χ1v) is 7.46. The summed E-state index contributed by atoms with van der Waals surface area (Å²) in [5, 5.41) is 6.15. The Morgan fingerprint density at radius 3 is 2.73 bits per heavy atom. The van der Waals surface area contributed by atoms with Crippen molar-refractivity contribution in [1.82, 2.24) is 10.6 Å². The van der Waals surface area contributed by atoms with Crippen molar-refractivity contribution in [2.45, 2.75) is 31.2 Å². The van der Waals surface area contributed by atoms with Crippen LogP contribution in [0.15, 0.2) is 24.3 Å². The predicted octanol–water partition coefficient (Wildman–Crippen LogP) is 2.37. The van der Waals surface area contributed by atoms with E-state index >= 15 is 0 Å². The van der Waals surface area contributed by atoms with Crippen LogP contribution in [0.2, 0.25) is 0 Å². The molecule has 2 N–H and O–H groups in total. The molecule has 22 heavy (non-hydrogen) atoms. The zero-order valence-electron chi connectivity index (χ0n) is 12.9. The number of carbonyl (C=O) groups excluding carboxylic acids is 1. The lowest BCUT2D eigenvalue weighted by atomic mass is 9.82. The van der Waals surface area contributed by atoms with Crippen LogP contribution in [0.25, 0.3) is 0 Å². The van der Waals surface area contributed by atoms with Crippen LogP contribution in [-0.4, -0.2) is 32.7 Å². The Morgan fingerprint density at radius 1 is 1.36 bits per heavy atom. The molecule has 1 aromatic carbocycles. The number of rotatable bonds is 6. The van der Waals surface area contributed by atoms with Gasteiger partial charge in [-0.25, -0.2) is 4.39 Å². The minimum atomic E-state index is -0.503. The molecule has 1 heterocycles. The van der Waals surface area contributed by atoms with Crippen LogP contribution in [0, 0.1) is 5.82 Å². The number of amides is 1. The Labute approximate surface area is 137 Å². The molecule has 4 nitrogen and oxygen atoms in total. The first kappa shape index (κ1) is 18.9. The van der Waals surface area contributed by atoms with Crippen molar-refractivity contribution < 1.29 is 13.9 Å². The predicted molar refractivity (Wildman–Crippen MR) is 86.7 cm³/mol. The number of hydrogen-bond acceptors (Lipinski definition) is 3. The van der Waals surface area contributed by atoms with Crippen molar-refractivity contribution in [3.63, 3.8) is 0 Å². The first-order chi connectivity index (χ1) is 10.2. The molecule has 0 bridgehead atoms. The molecule has 0 saturated carbocycles. The summed E-state index contributed by atoms with van der Waals surface area (Å²) in [6.07, 6.45) is 2.61. The third-order valence-electron chi connectivity index (χ3n) is 3.93. The van der Waals surface area contributed by atoms with E-state index in [2.05, 4.69) is 10.6 Å². The van der Waals surface area contributed by atoms with Crippen LogP contribution >= 0.6 is 12.4 Å². The zero-order chi connectivity index (χ0) is 15.1. The fraction of sp³-hybridized carbons (Fsp3) is 0.562. The van der Waals surface area contributed by atoms with Crippen LogP contribution in [-0.2, 0) is 15.1 Å².